The summed E-state index contributed by atoms with van der Waals surface area (Å²) < 4.78 is 5.17. The molecule has 19 heavy (non-hydrogen) atoms. The summed E-state index contributed by atoms with van der Waals surface area (Å²) >= 11 is 1.43. The van der Waals surface area contributed by atoms with E-state index in [1.54, 1.807) is 18.6 Å². The lowest BCUT2D eigenvalue weighted by Crippen LogP contribution is -2.23. The lowest BCUT2D eigenvalue weighted by molar-refractivity contribution is 0.0954. The van der Waals surface area contributed by atoms with E-state index in [4.69, 9.17) is 4.74 Å². The van der Waals surface area contributed by atoms with Crippen LogP contribution in [0.15, 0.2) is 42.3 Å². The quantitative estimate of drug-likeness (QED) is 0.853. The lowest BCUT2D eigenvalue weighted by atomic mass is 10.2. The SMILES string of the molecule is C=CCNC(=O)c1csc(-c2cccc(OC)c2)n1. The van der Waals surface area contributed by atoms with Gasteiger partial charge in [-0.15, -0.1) is 17.9 Å². The van der Waals surface area contributed by atoms with Gasteiger partial charge in [-0.2, -0.15) is 0 Å². The number of hydrogen-bond donors (Lipinski definition) is 1. The Hall–Kier alpha value is -2.14. The van der Waals surface area contributed by atoms with Gasteiger partial charge >= 0.3 is 0 Å². The van der Waals surface area contributed by atoms with Crippen LogP contribution in [0.5, 0.6) is 5.75 Å². The third kappa shape index (κ3) is 3.20. The molecule has 1 aromatic carbocycles. The Labute approximate surface area is 115 Å². The Bertz CT molecular complexity index is 593. The van der Waals surface area contributed by atoms with Crippen LogP contribution in [-0.2, 0) is 0 Å². The maximum absolute atomic E-state index is 11.7. The first-order chi connectivity index (χ1) is 9.24. The van der Waals surface area contributed by atoms with Crippen molar-refractivity contribution >= 4 is 17.2 Å². The zero-order valence-electron chi connectivity index (χ0n) is 10.6. The van der Waals surface area contributed by atoms with E-state index in [2.05, 4.69) is 16.9 Å². The third-order valence-electron chi connectivity index (χ3n) is 2.46. The number of nitrogens with zero attached hydrogens (tertiary/aromatic N) is 1. The molecule has 0 aliphatic carbocycles. The summed E-state index contributed by atoms with van der Waals surface area (Å²) in [6.07, 6.45) is 1.63. The van der Waals surface area contributed by atoms with Gasteiger partial charge in [-0.1, -0.05) is 18.2 Å². The summed E-state index contributed by atoms with van der Waals surface area (Å²) in [5, 5.41) is 5.24. The molecule has 0 unspecified atom stereocenters. The summed E-state index contributed by atoms with van der Waals surface area (Å²) in [5.74, 6) is 0.579. The van der Waals surface area contributed by atoms with Crippen LogP contribution in [0.3, 0.4) is 0 Å². The highest BCUT2D eigenvalue weighted by Gasteiger charge is 2.11. The molecule has 1 N–H and O–H groups in total. The van der Waals surface area contributed by atoms with Crippen LogP contribution in [-0.4, -0.2) is 24.5 Å². The number of nitrogens with one attached hydrogen (secondary N) is 1. The summed E-state index contributed by atoms with van der Waals surface area (Å²) in [6.45, 7) is 3.99. The summed E-state index contributed by atoms with van der Waals surface area (Å²) in [7, 11) is 1.62. The molecule has 0 saturated carbocycles. The van der Waals surface area contributed by atoms with Crippen LogP contribution in [0.1, 0.15) is 10.5 Å². The Morgan fingerprint density at radius 1 is 1.58 bits per heavy atom. The molecule has 2 aromatic rings. The van der Waals surface area contributed by atoms with Crippen molar-refractivity contribution in [1.82, 2.24) is 10.3 Å². The normalized spacial score (nSPS) is 9.95. The first-order valence-electron chi connectivity index (χ1n) is 5.73. The molecule has 1 heterocycles. The van der Waals surface area contributed by atoms with Crippen molar-refractivity contribution in [3.63, 3.8) is 0 Å². The third-order valence-corrected chi connectivity index (χ3v) is 3.35. The average molecular weight is 274 g/mol. The summed E-state index contributed by atoms with van der Waals surface area (Å²) in [6, 6.07) is 7.60. The van der Waals surface area contributed by atoms with Gasteiger partial charge in [0.1, 0.15) is 16.5 Å². The molecule has 0 aliphatic heterocycles. The monoisotopic (exact) mass is 274 g/mol. The van der Waals surface area contributed by atoms with Gasteiger partial charge in [0.25, 0.3) is 5.91 Å². The highest BCUT2D eigenvalue weighted by atomic mass is 32.1. The number of hydrogen-bond acceptors (Lipinski definition) is 4. The van der Waals surface area contributed by atoms with Crippen LogP contribution < -0.4 is 10.1 Å². The predicted molar refractivity (Wildman–Crippen MR) is 76.6 cm³/mol. The lowest BCUT2D eigenvalue weighted by Gasteiger charge is -2.01. The van der Waals surface area contributed by atoms with Gasteiger partial charge in [-0.3, -0.25) is 4.79 Å². The summed E-state index contributed by atoms with van der Waals surface area (Å²) in [5.41, 5.74) is 1.36. The van der Waals surface area contributed by atoms with Crippen LogP contribution in [0.2, 0.25) is 0 Å². The number of methoxy groups -OCH3 is 1. The molecule has 2 rings (SSSR count). The number of benzene rings is 1. The molecule has 0 radical (unpaired) electrons. The minimum Gasteiger partial charge on any atom is -0.497 e. The second-order valence-corrected chi connectivity index (χ2v) is 4.63. The standard InChI is InChI=1S/C14H14N2O2S/c1-3-7-15-13(17)12-9-19-14(16-12)10-5-4-6-11(8-10)18-2/h3-6,8-9H,1,7H2,2H3,(H,15,17). The summed E-state index contributed by atoms with van der Waals surface area (Å²) in [4.78, 5) is 16.1. The van der Waals surface area contributed by atoms with E-state index in [9.17, 15) is 4.79 Å². The first kappa shape index (κ1) is 13.3. The van der Waals surface area contributed by atoms with Gasteiger partial charge in [0.05, 0.1) is 7.11 Å². The smallest absolute Gasteiger partial charge is 0.271 e. The zero-order chi connectivity index (χ0) is 13.7. The van der Waals surface area contributed by atoms with E-state index < -0.39 is 0 Å². The number of rotatable bonds is 5. The maximum atomic E-state index is 11.7. The molecule has 0 aliphatic rings. The van der Waals surface area contributed by atoms with Crippen molar-refractivity contribution in [3.05, 3.63) is 48.0 Å². The number of carbonyl (C=O) groups is 1. The van der Waals surface area contributed by atoms with E-state index in [0.717, 1.165) is 16.3 Å². The van der Waals surface area contributed by atoms with E-state index in [-0.39, 0.29) is 5.91 Å². The number of thiazole rings is 1. The fourth-order valence-corrected chi connectivity index (χ4v) is 2.32. The minimum absolute atomic E-state index is 0.190. The fourth-order valence-electron chi connectivity index (χ4n) is 1.52. The van der Waals surface area contributed by atoms with Crippen LogP contribution in [0.4, 0.5) is 0 Å². The molecule has 1 amide bonds. The molecular formula is C14H14N2O2S. The Balaban J connectivity index is 2.20. The van der Waals surface area contributed by atoms with E-state index in [0.29, 0.717) is 12.2 Å². The Morgan fingerprint density at radius 2 is 2.42 bits per heavy atom. The number of amides is 1. The zero-order valence-corrected chi connectivity index (χ0v) is 11.4. The molecule has 4 nitrogen and oxygen atoms in total. The largest absolute Gasteiger partial charge is 0.497 e. The van der Waals surface area contributed by atoms with Crippen molar-refractivity contribution in [1.29, 1.82) is 0 Å². The molecule has 5 heteroatoms. The van der Waals surface area contributed by atoms with Gasteiger partial charge in [0.15, 0.2) is 0 Å². The molecule has 1 aromatic heterocycles. The van der Waals surface area contributed by atoms with Crippen molar-refractivity contribution in [2.45, 2.75) is 0 Å². The minimum atomic E-state index is -0.190. The molecule has 0 saturated heterocycles. The molecule has 98 valence electrons. The van der Waals surface area contributed by atoms with Crippen LogP contribution in [0.25, 0.3) is 10.6 Å². The van der Waals surface area contributed by atoms with Gasteiger partial charge in [-0.05, 0) is 12.1 Å². The van der Waals surface area contributed by atoms with E-state index in [1.807, 2.05) is 24.3 Å². The Kier molecular flexibility index (Phi) is 4.30. The van der Waals surface area contributed by atoms with Crippen LogP contribution in [0, 0.1) is 0 Å². The van der Waals surface area contributed by atoms with Gasteiger partial charge in [0, 0.05) is 17.5 Å². The van der Waals surface area contributed by atoms with E-state index >= 15 is 0 Å². The van der Waals surface area contributed by atoms with Gasteiger partial charge in [0.2, 0.25) is 0 Å². The second-order valence-electron chi connectivity index (χ2n) is 3.77. The van der Waals surface area contributed by atoms with E-state index in [1.165, 1.54) is 11.3 Å². The number of aromatic nitrogens is 1. The Morgan fingerprint density at radius 3 is 3.16 bits per heavy atom. The highest BCUT2D eigenvalue weighted by molar-refractivity contribution is 7.13. The molecule has 0 atom stereocenters. The number of carbonyl (C=O) groups excluding carboxylic acids is 1. The second kappa shape index (κ2) is 6.15. The van der Waals surface area contributed by atoms with Crippen molar-refractivity contribution < 1.29 is 9.53 Å². The molecular weight excluding hydrogens is 260 g/mol. The first-order valence-corrected chi connectivity index (χ1v) is 6.61. The van der Waals surface area contributed by atoms with Crippen LogP contribution >= 0.6 is 11.3 Å². The number of ether oxygens (including phenoxy) is 1. The maximum Gasteiger partial charge on any atom is 0.271 e. The predicted octanol–water partition coefficient (Wildman–Crippen LogP) is 2.73. The van der Waals surface area contributed by atoms with Crippen molar-refractivity contribution in [3.8, 4) is 16.3 Å². The van der Waals surface area contributed by atoms with Gasteiger partial charge in [-0.25, -0.2) is 4.98 Å². The van der Waals surface area contributed by atoms with Gasteiger partial charge < -0.3 is 10.1 Å². The molecule has 0 fully saturated rings. The molecule has 0 bridgehead atoms. The highest BCUT2D eigenvalue weighted by Crippen LogP contribution is 2.26. The topological polar surface area (TPSA) is 51.2 Å². The fraction of sp³-hybridized carbons (Fsp3) is 0.143. The average Bonchev–Trinajstić information content (AvgIpc) is 2.94. The van der Waals surface area contributed by atoms with Crippen molar-refractivity contribution in [2.75, 3.05) is 13.7 Å². The van der Waals surface area contributed by atoms with Crippen molar-refractivity contribution in [2.24, 2.45) is 0 Å². The molecule has 0 spiro atoms.